The van der Waals surface area contributed by atoms with Gasteiger partial charge in [-0.25, -0.2) is 9.50 Å². The first-order valence-corrected chi connectivity index (χ1v) is 8.24. The molecule has 4 aromatic rings. The molecule has 0 bridgehead atoms. The highest BCUT2D eigenvalue weighted by Crippen LogP contribution is 2.23. The van der Waals surface area contributed by atoms with Crippen LogP contribution in [0.1, 0.15) is 5.56 Å². The lowest BCUT2D eigenvalue weighted by atomic mass is 10.1. The van der Waals surface area contributed by atoms with Crippen molar-refractivity contribution in [2.45, 2.75) is 6.54 Å². The van der Waals surface area contributed by atoms with E-state index in [1.165, 1.54) is 0 Å². The summed E-state index contributed by atoms with van der Waals surface area (Å²) in [4.78, 5) is 4.42. The van der Waals surface area contributed by atoms with Gasteiger partial charge < -0.3 is 15.2 Å². The molecule has 6 nitrogen and oxygen atoms in total. The van der Waals surface area contributed by atoms with Crippen LogP contribution in [0.25, 0.3) is 16.9 Å². The second-order valence-electron chi connectivity index (χ2n) is 5.88. The fourth-order valence-electron chi connectivity index (χ4n) is 2.79. The van der Waals surface area contributed by atoms with Gasteiger partial charge >= 0.3 is 0 Å². The normalized spacial score (nSPS) is 10.8. The van der Waals surface area contributed by atoms with Crippen molar-refractivity contribution < 1.29 is 9.84 Å². The zero-order chi connectivity index (χ0) is 17.9. The summed E-state index contributed by atoms with van der Waals surface area (Å²) >= 11 is 0. The van der Waals surface area contributed by atoms with E-state index in [4.69, 9.17) is 4.74 Å². The molecule has 0 unspecified atom stereocenters. The van der Waals surface area contributed by atoms with Gasteiger partial charge in [0.2, 0.25) is 0 Å². The smallest absolute Gasteiger partial charge is 0.154 e. The molecule has 4 rings (SSSR count). The maximum absolute atomic E-state index is 9.56. The molecule has 0 radical (unpaired) electrons. The summed E-state index contributed by atoms with van der Waals surface area (Å²) in [5, 5.41) is 17.5. The molecule has 0 aliphatic heterocycles. The monoisotopic (exact) mass is 346 g/mol. The van der Waals surface area contributed by atoms with E-state index in [0.29, 0.717) is 6.54 Å². The number of nitrogens with zero attached hydrogens (tertiary/aromatic N) is 3. The lowest BCUT2D eigenvalue weighted by Gasteiger charge is -2.08. The van der Waals surface area contributed by atoms with Crippen LogP contribution in [0.15, 0.2) is 66.9 Å². The molecule has 2 N–H and O–H groups in total. The van der Waals surface area contributed by atoms with Crippen LogP contribution in [0.3, 0.4) is 0 Å². The van der Waals surface area contributed by atoms with Gasteiger partial charge in [0.15, 0.2) is 5.65 Å². The fraction of sp³-hybridized carbons (Fsp3) is 0.100. The van der Waals surface area contributed by atoms with E-state index in [2.05, 4.69) is 15.4 Å². The summed E-state index contributed by atoms with van der Waals surface area (Å²) in [6.45, 7) is 0.569. The van der Waals surface area contributed by atoms with Gasteiger partial charge in [-0.2, -0.15) is 0 Å². The number of hydrogen-bond acceptors (Lipinski definition) is 5. The molecule has 2 heterocycles. The summed E-state index contributed by atoms with van der Waals surface area (Å²) in [6, 6.07) is 18.8. The first kappa shape index (κ1) is 16.0. The van der Waals surface area contributed by atoms with Gasteiger partial charge in [0.25, 0.3) is 0 Å². The molecule has 26 heavy (non-hydrogen) atoms. The van der Waals surface area contributed by atoms with Gasteiger partial charge in [0, 0.05) is 12.1 Å². The van der Waals surface area contributed by atoms with Crippen LogP contribution in [0.5, 0.6) is 11.5 Å². The van der Waals surface area contributed by atoms with E-state index in [9.17, 15) is 5.11 Å². The Balaban J connectivity index is 1.61. The second kappa shape index (κ2) is 6.76. The minimum Gasteiger partial charge on any atom is -0.508 e. The maximum Gasteiger partial charge on any atom is 0.154 e. The summed E-state index contributed by atoms with van der Waals surface area (Å²) in [6.07, 6.45) is 1.81. The van der Waals surface area contributed by atoms with Crippen molar-refractivity contribution in [3.63, 3.8) is 0 Å². The summed E-state index contributed by atoms with van der Waals surface area (Å²) in [5.74, 6) is 1.79. The molecule has 0 fully saturated rings. The first-order chi connectivity index (χ1) is 12.7. The number of benzene rings is 2. The van der Waals surface area contributed by atoms with E-state index in [1.54, 1.807) is 19.2 Å². The Kier molecular flexibility index (Phi) is 4.15. The number of rotatable bonds is 5. The second-order valence-corrected chi connectivity index (χ2v) is 5.88. The third-order valence-corrected chi connectivity index (χ3v) is 4.13. The van der Waals surface area contributed by atoms with Crippen molar-refractivity contribution in [1.29, 1.82) is 0 Å². The molecule has 2 aromatic heterocycles. The van der Waals surface area contributed by atoms with Crippen LogP contribution in [0, 0.1) is 0 Å². The summed E-state index contributed by atoms with van der Waals surface area (Å²) < 4.78 is 7.02. The number of ether oxygens (including phenoxy) is 1. The standard InChI is InChI=1S/C20H18N4O2/c1-26-17-7-5-15(6-8-17)18-13-22-20-10-9-19(23-24(18)20)21-12-14-3-2-4-16(25)11-14/h2-11,13,25H,12H2,1H3,(H,21,23). The van der Waals surface area contributed by atoms with Gasteiger partial charge in [0.05, 0.1) is 19.0 Å². The summed E-state index contributed by atoms with van der Waals surface area (Å²) in [5.41, 5.74) is 3.67. The number of hydrogen-bond donors (Lipinski definition) is 2. The van der Waals surface area contributed by atoms with Crippen LogP contribution in [0.4, 0.5) is 5.82 Å². The first-order valence-electron chi connectivity index (χ1n) is 8.24. The van der Waals surface area contributed by atoms with E-state index in [-0.39, 0.29) is 5.75 Å². The van der Waals surface area contributed by atoms with E-state index < -0.39 is 0 Å². The Bertz CT molecular complexity index is 1040. The molecule has 6 heteroatoms. The van der Waals surface area contributed by atoms with Gasteiger partial charge in [0.1, 0.15) is 17.3 Å². The van der Waals surface area contributed by atoms with Gasteiger partial charge in [-0.05, 0) is 54.1 Å². The molecular formula is C20H18N4O2. The van der Waals surface area contributed by atoms with Crippen LogP contribution in [0.2, 0.25) is 0 Å². The molecule has 0 atom stereocenters. The Hall–Kier alpha value is -3.54. The third-order valence-electron chi connectivity index (χ3n) is 4.13. The molecule has 0 amide bonds. The van der Waals surface area contributed by atoms with Gasteiger partial charge in [-0.3, -0.25) is 0 Å². The van der Waals surface area contributed by atoms with Gasteiger partial charge in [-0.15, -0.1) is 5.10 Å². The van der Waals surface area contributed by atoms with Crippen molar-refractivity contribution in [3.05, 3.63) is 72.4 Å². The Morgan fingerprint density at radius 3 is 2.69 bits per heavy atom. The number of methoxy groups -OCH3 is 1. The van der Waals surface area contributed by atoms with Crippen LogP contribution >= 0.6 is 0 Å². The molecule has 2 aromatic carbocycles. The van der Waals surface area contributed by atoms with E-state index >= 15 is 0 Å². The van der Waals surface area contributed by atoms with Crippen molar-refractivity contribution >= 4 is 11.5 Å². The van der Waals surface area contributed by atoms with Crippen LogP contribution < -0.4 is 10.1 Å². The number of fused-ring (bicyclic) bond motifs is 1. The highest BCUT2D eigenvalue weighted by molar-refractivity contribution is 5.64. The molecule has 0 spiro atoms. The lowest BCUT2D eigenvalue weighted by molar-refractivity contribution is 0.415. The van der Waals surface area contributed by atoms with Crippen molar-refractivity contribution in [3.8, 4) is 22.8 Å². The molecule has 0 saturated heterocycles. The number of imidazole rings is 1. The number of anilines is 1. The SMILES string of the molecule is COc1ccc(-c2cnc3ccc(NCc4cccc(O)c4)nn23)cc1. The summed E-state index contributed by atoms with van der Waals surface area (Å²) in [7, 11) is 1.65. The van der Waals surface area contributed by atoms with Gasteiger partial charge in [-0.1, -0.05) is 12.1 Å². The lowest BCUT2D eigenvalue weighted by Crippen LogP contribution is -2.04. The van der Waals surface area contributed by atoms with Crippen molar-refractivity contribution in [1.82, 2.24) is 14.6 Å². The Morgan fingerprint density at radius 1 is 1.08 bits per heavy atom. The Labute approximate surface area is 150 Å². The topological polar surface area (TPSA) is 71.7 Å². The minimum absolute atomic E-state index is 0.254. The van der Waals surface area contributed by atoms with Crippen molar-refractivity contribution in [2.24, 2.45) is 0 Å². The number of phenolic OH excluding ortho intramolecular Hbond substituents is 1. The van der Waals surface area contributed by atoms with Crippen LogP contribution in [-0.2, 0) is 6.54 Å². The average Bonchev–Trinajstić information content (AvgIpc) is 3.10. The molecule has 0 aliphatic carbocycles. The number of aromatic hydroxyl groups is 1. The molecule has 0 saturated carbocycles. The zero-order valence-electron chi connectivity index (χ0n) is 14.3. The highest BCUT2D eigenvalue weighted by Gasteiger charge is 2.08. The third kappa shape index (κ3) is 3.17. The molecule has 130 valence electrons. The average molecular weight is 346 g/mol. The predicted molar refractivity (Wildman–Crippen MR) is 100 cm³/mol. The largest absolute Gasteiger partial charge is 0.508 e. The zero-order valence-corrected chi connectivity index (χ0v) is 14.3. The minimum atomic E-state index is 0.254. The Morgan fingerprint density at radius 2 is 1.92 bits per heavy atom. The van der Waals surface area contributed by atoms with E-state index in [0.717, 1.165) is 34.0 Å². The van der Waals surface area contributed by atoms with Crippen molar-refractivity contribution in [2.75, 3.05) is 12.4 Å². The molecular weight excluding hydrogens is 328 g/mol. The highest BCUT2D eigenvalue weighted by atomic mass is 16.5. The van der Waals surface area contributed by atoms with Crippen LogP contribution in [-0.4, -0.2) is 26.8 Å². The number of phenols is 1. The number of aromatic nitrogens is 3. The predicted octanol–water partition coefficient (Wildman–Crippen LogP) is 3.72. The fourth-order valence-corrected chi connectivity index (χ4v) is 2.79. The number of nitrogens with one attached hydrogen (secondary N) is 1. The van der Waals surface area contributed by atoms with E-state index in [1.807, 2.05) is 59.2 Å². The molecule has 0 aliphatic rings. The maximum atomic E-state index is 9.56. The quantitative estimate of drug-likeness (QED) is 0.576.